The van der Waals surface area contributed by atoms with Crippen molar-refractivity contribution in [1.29, 1.82) is 0 Å². The molecule has 16 heavy (non-hydrogen) atoms. The van der Waals surface area contributed by atoms with Crippen LogP contribution in [0.1, 0.15) is 0 Å². The van der Waals surface area contributed by atoms with Crippen LogP contribution in [-0.4, -0.2) is 28.9 Å². The van der Waals surface area contributed by atoms with Crippen molar-refractivity contribution in [3.63, 3.8) is 0 Å². The molecule has 6 heteroatoms. The molecule has 0 aliphatic heterocycles. The first-order valence-corrected chi connectivity index (χ1v) is 5.47. The van der Waals surface area contributed by atoms with Crippen LogP contribution < -0.4 is 4.74 Å². The summed E-state index contributed by atoms with van der Waals surface area (Å²) < 4.78 is 10.4. The van der Waals surface area contributed by atoms with Gasteiger partial charge in [-0.25, -0.2) is 4.98 Å². The molecule has 0 amide bonds. The number of carboxylic acid groups (broad SMARTS) is 1. The second kappa shape index (κ2) is 4.44. The van der Waals surface area contributed by atoms with Gasteiger partial charge in [0.05, 0.1) is 7.11 Å². The first-order valence-electron chi connectivity index (χ1n) is 4.48. The molecule has 0 unspecified atom stereocenters. The van der Waals surface area contributed by atoms with Gasteiger partial charge in [0.2, 0.25) is 0 Å². The minimum atomic E-state index is -0.898. The number of carboxylic acids is 1. The standard InChI is InChI=1S/C10H9NO4S/c1-14-6-2-3-8-7(4-6)11-10(15-8)16-5-9(12)13/h2-4H,5H2,1H3,(H,12,13). The number of oxazole rings is 1. The SMILES string of the molecule is COc1ccc2oc(SCC(=O)O)nc2c1. The average Bonchev–Trinajstić information content (AvgIpc) is 2.67. The van der Waals surface area contributed by atoms with Gasteiger partial charge in [-0.1, -0.05) is 11.8 Å². The molecular formula is C10H9NO4S. The van der Waals surface area contributed by atoms with Gasteiger partial charge in [-0.2, -0.15) is 0 Å². The number of aliphatic carboxylic acids is 1. The fourth-order valence-electron chi connectivity index (χ4n) is 1.20. The number of benzene rings is 1. The number of carbonyl (C=O) groups is 1. The lowest BCUT2D eigenvalue weighted by Gasteiger charge is -1.95. The van der Waals surface area contributed by atoms with E-state index in [-0.39, 0.29) is 5.75 Å². The molecule has 0 saturated carbocycles. The molecule has 5 nitrogen and oxygen atoms in total. The van der Waals surface area contributed by atoms with Crippen molar-refractivity contribution in [2.24, 2.45) is 0 Å². The van der Waals surface area contributed by atoms with Crippen LogP contribution in [0.25, 0.3) is 11.1 Å². The van der Waals surface area contributed by atoms with E-state index in [0.717, 1.165) is 11.8 Å². The second-order valence-electron chi connectivity index (χ2n) is 3.00. The summed E-state index contributed by atoms with van der Waals surface area (Å²) in [5.41, 5.74) is 1.28. The molecular weight excluding hydrogens is 230 g/mol. The molecule has 1 aromatic carbocycles. The lowest BCUT2D eigenvalue weighted by atomic mass is 10.3. The fourth-order valence-corrected chi connectivity index (χ4v) is 1.76. The molecule has 0 atom stereocenters. The van der Waals surface area contributed by atoms with Gasteiger partial charge in [0, 0.05) is 6.07 Å². The van der Waals surface area contributed by atoms with Crippen molar-refractivity contribution < 1.29 is 19.1 Å². The topological polar surface area (TPSA) is 72.6 Å². The molecule has 0 bridgehead atoms. The third-order valence-corrected chi connectivity index (χ3v) is 2.71. The van der Waals surface area contributed by atoms with Gasteiger partial charge >= 0.3 is 5.97 Å². The quantitative estimate of drug-likeness (QED) is 0.823. The van der Waals surface area contributed by atoms with E-state index >= 15 is 0 Å². The van der Waals surface area contributed by atoms with Crippen LogP contribution in [0.5, 0.6) is 5.75 Å². The Morgan fingerprint density at radius 1 is 1.62 bits per heavy atom. The molecule has 2 aromatic rings. The number of ether oxygens (including phenoxy) is 1. The summed E-state index contributed by atoms with van der Waals surface area (Å²) in [5, 5.41) is 8.87. The van der Waals surface area contributed by atoms with Crippen LogP contribution in [0.4, 0.5) is 0 Å². The molecule has 0 saturated heterocycles. The smallest absolute Gasteiger partial charge is 0.314 e. The largest absolute Gasteiger partial charge is 0.497 e. The van der Waals surface area contributed by atoms with Gasteiger partial charge in [0.1, 0.15) is 17.0 Å². The van der Waals surface area contributed by atoms with Crippen LogP contribution in [0.3, 0.4) is 0 Å². The van der Waals surface area contributed by atoms with Crippen molar-refractivity contribution in [2.75, 3.05) is 12.9 Å². The van der Waals surface area contributed by atoms with Crippen molar-refractivity contribution in [3.05, 3.63) is 18.2 Å². The number of fused-ring (bicyclic) bond motifs is 1. The summed E-state index contributed by atoms with van der Waals surface area (Å²) in [6.45, 7) is 0. The molecule has 0 radical (unpaired) electrons. The normalized spacial score (nSPS) is 10.6. The highest BCUT2D eigenvalue weighted by Crippen LogP contribution is 2.26. The van der Waals surface area contributed by atoms with E-state index in [9.17, 15) is 4.79 Å². The highest BCUT2D eigenvalue weighted by molar-refractivity contribution is 7.99. The zero-order valence-electron chi connectivity index (χ0n) is 8.47. The van der Waals surface area contributed by atoms with Gasteiger partial charge < -0.3 is 14.3 Å². The van der Waals surface area contributed by atoms with E-state index in [1.807, 2.05) is 0 Å². The van der Waals surface area contributed by atoms with Crippen LogP contribution >= 0.6 is 11.8 Å². The number of hydrogen-bond donors (Lipinski definition) is 1. The predicted molar refractivity (Wildman–Crippen MR) is 58.9 cm³/mol. The van der Waals surface area contributed by atoms with Crippen LogP contribution in [0.2, 0.25) is 0 Å². The first kappa shape index (κ1) is 10.8. The van der Waals surface area contributed by atoms with Crippen molar-refractivity contribution in [2.45, 2.75) is 5.22 Å². The maximum atomic E-state index is 10.4. The maximum absolute atomic E-state index is 10.4. The first-order chi connectivity index (χ1) is 7.69. The Bertz CT molecular complexity index is 523. The minimum Gasteiger partial charge on any atom is -0.497 e. The Morgan fingerprint density at radius 3 is 3.12 bits per heavy atom. The van der Waals surface area contributed by atoms with Gasteiger partial charge in [-0.05, 0) is 12.1 Å². The van der Waals surface area contributed by atoms with E-state index in [2.05, 4.69) is 4.98 Å². The highest BCUT2D eigenvalue weighted by atomic mass is 32.2. The van der Waals surface area contributed by atoms with Gasteiger partial charge in [0.25, 0.3) is 5.22 Å². The third-order valence-electron chi connectivity index (χ3n) is 1.89. The lowest BCUT2D eigenvalue weighted by Crippen LogP contribution is -1.97. The molecule has 0 spiro atoms. The molecule has 84 valence electrons. The van der Waals surface area contributed by atoms with E-state index < -0.39 is 5.97 Å². The molecule has 0 fully saturated rings. The summed E-state index contributed by atoms with van der Waals surface area (Å²) in [4.78, 5) is 14.5. The van der Waals surface area contributed by atoms with E-state index in [1.54, 1.807) is 25.3 Å². The third kappa shape index (κ3) is 2.27. The maximum Gasteiger partial charge on any atom is 0.314 e. The number of rotatable bonds is 4. The Hall–Kier alpha value is -1.69. The van der Waals surface area contributed by atoms with Crippen LogP contribution in [0.15, 0.2) is 27.8 Å². The Balaban J connectivity index is 2.25. The molecule has 1 aromatic heterocycles. The zero-order chi connectivity index (χ0) is 11.5. The summed E-state index contributed by atoms with van der Waals surface area (Å²) in [6.07, 6.45) is 0. The second-order valence-corrected chi connectivity index (χ2v) is 3.92. The van der Waals surface area contributed by atoms with Crippen LogP contribution in [0, 0.1) is 0 Å². The Morgan fingerprint density at radius 2 is 2.44 bits per heavy atom. The Kier molecular flexibility index (Phi) is 3.00. The number of aromatic nitrogens is 1. The summed E-state index contributed by atoms with van der Waals surface area (Å²) in [5.74, 6) is -0.273. The molecule has 2 rings (SSSR count). The van der Waals surface area contributed by atoms with E-state index in [0.29, 0.717) is 22.1 Å². The predicted octanol–water partition coefficient (Wildman–Crippen LogP) is 2.01. The number of methoxy groups -OCH3 is 1. The van der Waals surface area contributed by atoms with Crippen molar-refractivity contribution >= 4 is 28.8 Å². The number of nitrogens with zero attached hydrogens (tertiary/aromatic N) is 1. The fraction of sp³-hybridized carbons (Fsp3) is 0.200. The molecule has 0 aliphatic carbocycles. The van der Waals surface area contributed by atoms with Gasteiger partial charge in [-0.3, -0.25) is 4.79 Å². The van der Waals surface area contributed by atoms with Crippen molar-refractivity contribution in [3.8, 4) is 5.75 Å². The number of thioether (sulfide) groups is 1. The average molecular weight is 239 g/mol. The highest BCUT2D eigenvalue weighted by Gasteiger charge is 2.08. The van der Waals surface area contributed by atoms with E-state index in [1.165, 1.54) is 0 Å². The summed E-state index contributed by atoms with van der Waals surface area (Å²) >= 11 is 1.05. The zero-order valence-corrected chi connectivity index (χ0v) is 9.28. The minimum absolute atomic E-state index is 0.0655. The molecule has 1 heterocycles. The lowest BCUT2D eigenvalue weighted by molar-refractivity contribution is -0.133. The van der Waals surface area contributed by atoms with Gasteiger partial charge in [-0.15, -0.1) is 0 Å². The Labute approximate surface area is 95.4 Å². The monoisotopic (exact) mass is 239 g/mol. The molecule has 0 aliphatic rings. The van der Waals surface area contributed by atoms with Crippen molar-refractivity contribution in [1.82, 2.24) is 4.98 Å². The molecule has 1 N–H and O–H groups in total. The van der Waals surface area contributed by atoms with E-state index in [4.69, 9.17) is 14.3 Å². The van der Waals surface area contributed by atoms with Gasteiger partial charge in [0.15, 0.2) is 5.58 Å². The summed E-state index contributed by atoms with van der Waals surface area (Å²) in [7, 11) is 1.57. The van der Waals surface area contributed by atoms with Crippen LogP contribution in [-0.2, 0) is 4.79 Å². The summed E-state index contributed by atoms with van der Waals surface area (Å²) in [6, 6.07) is 5.24. The number of hydrogen-bond acceptors (Lipinski definition) is 5.